The molecule has 0 aliphatic rings. The van der Waals surface area contributed by atoms with Crippen LogP contribution in [0.2, 0.25) is 0 Å². The van der Waals surface area contributed by atoms with Crippen molar-refractivity contribution >= 4 is 5.71 Å². The third-order valence-corrected chi connectivity index (χ3v) is 5.17. The summed E-state index contributed by atoms with van der Waals surface area (Å²) in [5.74, 6) is 1.67. The van der Waals surface area contributed by atoms with E-state index < -0.39 is 11.9 Å². The lowest BCUT2D eigenvalue weighted by atomic mass is 10.0. The molecule has 5 nitrogen and oxygen atoms in total. The number of benzene rings is 2. The number of oxime groups is 1. The van der Waals surface area contributed by atoms with Crippen LogP contribution in [0.3, 0.4) is 0 Å². The van der Waals surface area contributed by atoms with Crippen molar-refractivity contribution in [2.45, 2.75) is 46.2 Å². The molecule has 2 rings (SSSR count). The van der Waals surface area contributed by atoms with Crippen LogP contribution < -0.4 is 9.47 Å². The first-order chi connectivity index (χ1) is 16.8. The van der Waals surface area contributed by atoms with Crippen molar-refractivity contribution in [3.63, 3.8) is 0 Å². The summed E-state index contributed by atoms with van der Waals surface area (Å²) in [7, 11) is 1.09. The molecule has 0 unspecified atom stereocenters. The van der Waals surface area contributed by atoms with Gasteiger partial charge in [0.05, 0.1) is 6.61 Å². The van der Waals surface area contributed by atoms with E-state index in [1.54, 1.807) is 12.1 Å². The van der Waals surface area contributed by atoms with Gasteiger partial charge in [-0.2, -0.15) is 13.2 Å². The van der Waals surface area contributed by atoms with Crippen LogP contribution in [0.5, 0.6) is 11.5 Å². The monoisotopic (exact) mass is 493 g/mol. The Hall–Kier alpha value is -3.00. The number of allylic oxidation sites excluding steroid dienone is 1. The summed E-state index contributed by atoms with van der Waals surface area (Å²) in [4.78, 5) is 4.33. The highest BCUT2D eigenvalue weighted by atomic mass is 19.4. The molecule has 8 heteroatoms. The van der Waals surface area contributed by atoms with E-state index in [0.717, 1.165) is 54.6 Å². The third-order valence-electron chi connectivity index (χ3n) is 5.17. The largest absolute Gasteiger partial charge is 0.491 e. The third kappa shape index (κ3) is 9.64. The molecule has 0 saturated heterocycles. The highest BCUT2D eigenvalue weighted by molar-refractivity contribution is 6.04. The van der Waals surface area contributed by atoms with Crippen LogP contribution in [0.15, 0.2) is 53.7 Å². The average molecular weight is 494 g/mol. The van der Waals surface area contributed by atoms with E-state index in [-0.39, 0.29) is 5.56 Å². The van der Waals surface area contributed by atoms with Gasteiger partial charge in [-0.25, -0.2) is 0 Å². The van der Waals surface area contributed by atoms with Crippen molar-refractivity contribution in [3.05, 3.63) is 70.8 Å². The van der Waals surface area contributed by atoms with E-state index in [1.807, 2.05) is 45.1 Å². The normalized spacial score (nSPS) is 12.3. The second-order valence-corrected chi connectivity index (χ2v) is 8.00. The predicted octanol–water partition coefficient (Wildman–Crippen LogP) is 6.59. The number of halogens is 3. The molecule has 0 aromatic heterocycles. The molecule has 0 spiro atoms. The fourth-order valence-corrected chi connectivity index (χ4v) is 3.49. The minimum absolute atomic E-state index is 0.0206. The van der Waals surface area contributed by atoms with Gasteiger partial charge in [-0.1, -0.05) is 41.6 Å². The molecule has 0 aliphatic carbocycles. The molecule has 0 heterocycles. The number of alkyl halides is 3. The second kappa shape index (κ2) is 14.4. The topological polar surface area (TPSA) is 49.3 Å². The summed E-state index contributed by atoms with van der Waals surface area (Å²) >= 11 is 0. The standard InChI is InChI=1S/C27H34F3NO4/c1-5-6-15-34-24-18-20(2)25(21(3)19-24)35-17-16-33-14-8-7-9-22-10-12-23(13-11-22)26(31-32-4)27(28,29)30/h5-6,10-13,18-19H,7-9,14-17H2,1-4H3/b6-5+,31-26?. The summed E-state index contributed by atoms with van der Waals surface area (Å²) in [6, 6.07) is 10.1. The molecular weight excluding hydrogens is 459 g/mol. The molecular formula is C27H34F3NO4. The molecule has 0 N–H and O–H groups in total. The molecule has 0 fully saturated rings. The Labute approximate surface area is 205 Å². The molecule has 0 atom stereocenters. The van der Waals surface area contributed by atoms with Crippen molar-refractivity contribution in [2.75, 3.05) is 33.5 Å². The first-order valence-corrected chi connectivity index (χ1v) is 11.6. The average Bonchev–Trinajstić information content (AvgIpc) is 2.80. The Morgan fingerprint density at radius 3 is 2.23 bits per heavy atom. The summed E-state index contributed by atoms with van der Waals surface area (Å²) < 4.78 is 56.4. The minimum Gasteiger partial charge on any atom is -0.491 e. The molecule has 35 heavy (non-hydrogen) atoms. The van der Waals surface area contributed by atoms with Crippen LogP contribution in [-0.2, 0) is 16.0 Å². The molecule has 2 aromatic rings. The van der Waals surface area contributed by atoms with E-state index in [4.69, 9.17) is 14.2 Å². The van der Waals surface area contributed by atoms with Gasteiger partial charge in [0, 0.05) is 12.2 Å². The lowest BCUT2D eigenvalue weighted by molar-refractivity contribution is -0.0608. The van der Waals surface area contributed by atoms with Crippen LogP contribution in [0.25, 0.3) is 0 Å². The van der Waals surface area contributed by atoms with Crippen LogP contribution in [-0.4, -0.2) is 45.4 Å². The fourth-order valence-electron chi connectivity index (χ4n) is 3.49. The predicted molar refractivity (Wildman–Crippen MR) is 132 cm³/mol. The number of ether oxygens (including phenoxy) is 3. The number of hydrogen-bond acceptors (Lipinski definition) is 5. The van der Waals surface area contributed by atoms with Gasteiger partial charge >= 0.3 is 6.18 Å². The van der Waals surface area contributed by atoms with E-state index in [9.17, 15) is 13.2 Å². The molecule has 0 radical (unpaired) electrons. The minimum atomic E-state index is -4.57. The summed E-state index contributed by atoms with van der Waals surface area (Å²) in [6.07, 6.45) is 1.80. The SMILES string of the molecule is C/C=C/COc1cc(C)c(OCCOCCCCc2ccc(C(=NOC)C(F)(F)F)cc2)c(C)c1. The highest BCUT2D eigenvalue weighted by Gasteiger charge is 2.37. The Kier molecular flexibility index (Phi) is 11.6. The van der Waals surface area contributed by atoms with E-state index in [0.29, 0.717) is 26.4 Å². The maximum Gasteiger partial charge on any atom is 0.437 e. The zero-order chi connectivity index (χ0) is 25.7. The Bertz CT molecular complexity index is 946. The maximum atomic E-state index is 13.0. The lowest BCUT2D eigenvalue weighted by Crippen LogP contribution is -2.24. The Morgan fingerprint density at radius 1 is 0.943 bits per heavy atom. The van der Waals surface area contributed by atoms with Crippen LogP contribution in [0.1, 0.15) is 42.0 Å². The van der Waals surface area contributed by atoms with Gasteiger partial charge in [0.25, 0.3) is 0 Å². The summed E-state index contributed by atoms with van der Waals surface area (Å²) in [5, 5.41) is 3.11. The second-order valence-electron chi connectivity index (χ2n) is 8.00. The number of nitrogens with zero attached hydrogens (tertiary/aromatic N) is 1. The molecule has 0 amide bonds. The summed E-state index contributed by atoms with van der Waals surface area (Å²) in [5.41, 5.74) is 1.93. The van der Waals surface area contributed by atoms with Gasteiger partial charge < -0.3 is 19.0 Å². The smallest absolute Gasteiger partial charge is 0.437 e. The number of unbranched alkanes of at least 4 members (excludes halogenated alkanes) is 1. The molecule has 0 aliphatic heterocycles. The van der Waals surface area contributed by atoms with Crippen molar-refractivity contribution in [2.24, 2.45) is 5.16 Å². The van der Waals surface area contributed by atoms with E-state index >= 15 is 0 Å². The van der Waals surface area contributed by atoms with Gasteiger partial charge in [0.1, 0.15) is 31.8 Å². The maximum absolute atomic E-state index is 13.0. The van der Waals surface area contributed by atoms with Gasteiger partial charge in [0.2, 0.25) is 0 Å². The first kappa shape index (κ1) is 28.2. The van der Waals surface area contributed by atoms with E-state index in [2.05, 4.69) is 9.99 Å². The van der Waals surface area contributed by atoms with Crippen LogP contribution in [0.4, 0.5) is 13.2 Å². The fraction of sp³-hybridized carbons (Fsp3) is 0.444. The van der Waals surface area contributed by atoms with Crippen LogP contribution >= 0.6 is 0 Å². The van der Waals surface area contributed by atoms with Crippen LogP contribution in [0, 0.1) is 13.8 Å². The van der Waals surface area contributed by atoms with Gasteiger partial charge in [0.15, 0.2) is 5.71 Å². The zero-order valence-electron chi connectivity index (χ0n) is 20.8. The Balaban J connectivity index is 1.67. The molecule has 0 saturated carbocycles. The molecule has 2 aromatic carbocycles. The lowest BCUT2D eigenvalue weighted by Gasteiger charge is -2.14. The van der Waals surface area contributed by atoms with Crippen molar-refractivity contribution < 1.29 is 32.2 Å². The number of aryl methyl sites for hydroxylation is 3. The highest BCUT2D eigenvalue weighted by Crippen LogP contribution is 2.28. The van der Waals surface area contributed by atoms with Gasteiger partial charge in [-0.15, -0.1) is 0 Å². The van der Waals surface area contributed by atoms with Crippen molar-refractivity contribution in [3.8, 4) is 11.5 Å². The first-order valence-electron chi connectivity index (χ1n) is 11.6. The van der Waals surface area contributed by atoms with E-state index in [1.165, 1.54) is 12.1 Å². The quantitative estimate of drug-likeness (QED) is 0.129. The van der Waals surface area contributed by atoms with Gasteiger partial charge in [-0.05, 0) is 68.9 Å². The van der Waals surface area contributed by atoms with Crippen molar-refractivity contribution in [1.82, 2.24) is 0 Å². The molecule has 0 bridgehead atoms. The summed E-state index contributed by atoms with van der Waals surface area (Å²) in [6.45, 7) is 8.00. The van der Waals surface area contributed by atoms with Gasteiger partial charge in [-0.3, -0.25) is 0 Å². The number of rotatable bonds is 14. The molecule has 192 valence electrons. The number of hydrogen-bond donors (Lipinski definition) is 0. The van der Waals surface area contributed by atoms with Crippen molar-refractivity contribution in [1.29, 1.82) is 0 Å². The zero-order valence-corrected chi connectivity index (χ0v) is 20.8. The Morgan fingerprint density at radius 2 is 1.63 bits per heavy atom.